The Balaban J connectivity index is 1.20. The highest BCUT2D eigenvalue weighted by molar-refractivity contribution is 5.94. The van der Waals surface area contributed by atoms with Crippen molar-refractivity contribution in [2.45, 2.75) is 26.3 Å². The summed E-state index contributed by atoms with van der Waals surface area (Å²) in [7, 11) is 1.99. The van der Waals surface area contributed by atoms with Crippen molar-refractivity contribution in [3.63, 3.8) is 0 Å². The van der Waals surface area contributed by atoms with E-state index in [0.29, 0.717) is 12.5 Å². The summed E-state index contributed by atoms with van der Waals surface area (Å²) < 4.78 is 1.94. The van der Waals surface area contributed by atoms with Gasteiger partial charge in [-0.05, 0) is 60.7 Å². The predicted molar refractivity (Wildman–Crippen MR) is 125 cm³/mol. The number of rotatable bonds is 9. The predicted octanol–water partition coefficient (Wildman–Crippen LogP) is 3.39. The number of hydrogen-bond donors (Lipinski definition) is 2. The number of nitrogens with one attached hydrogen (secondary N) is 2. The fourth-order valence-corrected chi connectivity index (χ4v) is 4.14. The Labute approximate surface area is 184 Å². The van der Waals surface area contributed by atoms with E-state index in [9.17, 15) is 4.79 Å². The van der Waals surface area contributed by atoms with Gasteiger partial charge in [-0.1, -0.05) is 37.3 Å². The minimum absolute atomic E-state index is 0.0200. The lowest BCUT2D eigenvalue weighted by Gasteiger charge is -2.18. The fraction of sp³-hybridized carbons (Fsp3) is 0.360. The summed E-state index contributed by atoms with van der Waals surface area (Å²) in [5, 5.41) is 10.8. The van der Waals surface area contributed by atoms with E-state index in [1.54, 1.807) is 0 Å². The molecule has 6 nitrogen and oxygen atoms in total. The number of para-hydroxylation sites is 1. The molecule has 3 aromatic rings. The summed E-state index contributed by atoms with van der Waals surface area (Å²) >= 11 is 0. The number of amides is 1. The van der Waals surface area contributed by atoms with Crippen LogP contribution in [-0.4, -0.2) is 35.3 Å². The molecule has 0 spiro atoms. The van der Waals surface area contributed by atoms with E-state index in [0.717, 1.165) is 38.2 Å². The second-order valence-corrected chi connectivity index (χ2v) is 8.43. The molecule has 2 N–H and O–H groups in total. The van der Waals surface area contributed by atoms with Gasteiger partial charge in [0.1, 0.15) is 0 Å². The molecule has 1 amide bonds. The quantitative estimate of drug-likeness (QED) is 0.560. The second kappa shape index (κ2) is 9.79. The van der Waals surface area contributed by atoms with E-state index >= 15 is 0 Å². The van der Waals surface area contributed by atoms with Crippen molar-refractivity contribution in [2.75, 3.05) is 29.9 Å². The lowest BCUT2D eigenvalue weighted by atomic mass is 10.1. The highest BCUT2D eigenvalue weighted by Crippen LogP contribution is 2.27. The Morgan fingerprint density at radius 2 is 1.94 bits per heavy atom. The third-order valence-corrected chi connectivity index (χ3v) is 5.86. The van der Waals surface area contributed by atoms with Crippen LogP contribution in [0.2, 0.25) is 0 Å². The van der Waals surface area contributed by atoms with E-state index < -0.39 is 0 Å². The monoisotopic (exact) mass is 417 g/mol. The van der Waals surface area contributed by atoms with Crippen LogP contribution in [0.3, 0.4) is 0 Å². The molecule has 162 valence electrons. The number of benzene rings is 2. The summed E-state index contributed by atoms with van der Waals surface area (Å²) in [5.41, 5.74) is 5.80. The molecule has 0 fully saturated rings. The van der Waals surface area contributed by atoms with Crippen molar-refractivity contribution in [1.29, 1.82) is 0 Å². The number of aromatic nitrogens is 2. The van der Waals surface area contributed by atoms with Crippen LogP contribution in [0.5, 0.6) is 0 Å². The fourth-order valence-electron chi connectivity index (χ4n) is 4.14. The molecule has 1 aromatic heterocycles. The highest BCUT2D eigenvalue weighted by Gasteiger charge is 2.20. The Morgan fingerprint density at radius 1 is 1.13 bits per heavy atom. The van der Waals surface area contributed by atoms with Crippen LogP contribution >= 0.6 is 0 Å². The van der Waals surface area contributed by atoms with E-state index in [1.807, 2.05) is 36.1 Å². The molecule has 1 unspecified atom stereocenters. The number of hydrogen-bond acceptors (Lipinski definition) is 4. The maximum atomic E-state index is 12.5. The van der Waals surface area contributed by atoms with Crippen LogP contribution in [0.25, 0.3) is 0 Å². The smallest absolute Gasteiger partial charge is 0.243 e. The third-order valence-electron chi connectivity index (χ3n) is 5.86. The standard InChI is InChI=1S/C25H31N5O/c1-19(15-23-11-13-27-29(23)2)16-26-17-20-7-9-22(10-8-20)28-25(31)18-30-14-12-21-5-3-4-6-24(21)30/h3-11,13,19,26H,12,14-18H2,1-2H3,(H,28,31). The molecule has 0 saturated carbocycles. The molecule has 6 heteroatoms. The Bertz CT molecular complexity index is 1010. The molecule has 1 aliphatic rings. The van der Waals surface area contributed by atoms with Gasteiger partial charge in [0.15, 0.2) is 0 Å². The number of aryl methyl sites for hydroxylation is 1. The maximum absolute atomic E-state index is 12.5. The number of anilines is 2. The number of nitrogens with zero attached hydrogens (tertiary/aromatic N) is 3. The normalized spacial score (nSPS) is 13.8. The molecular formula is C25H31N5O. The third kappa shape index (κ3) is 5.52. The average Bonchev–Trinajstić information content (AvgIpc) is 3.35. The van der Waals surface area contributed by atoms with Gasteiger partial charge in [0.2, 0.25) is 5.91 Å². The van der Waals surface area contributed by atoms with Gasteiger partial charge in [0.25, 0.3) is 0 Å². The van der Waals surface area contributed by atoms with Crippen LogP contribution in [0.4, 0.5) is 11.4 Å². The first kappa shape index (κ1) is 21.1. The zero-order valence-electron chi connectivity index (χ0n) is 18.3. The van der Waals surface area contributed by atoms with E-state index in [4.69, 9.17) is 0 Å². The van der Waals surface area contributed by atoms with Gasteiger partial charge in [-0.2, -0.15) is 5.10 Å². The molecule has 2 heterocycles. The van der Waals surface area contributed by atoms with Crippen LogP contribution in [0.1, 0.15) is 23.7 Å². The number of carbonyl (C=O) groups excluding carboxylic acids is 1. The van der Waals surface area contributed by atoms with Crippen LogP contribution in [0, 0.1) is 5.92 Å². The summed E-state index contributed by atoms with van der Waals surface area (Å²) in [4.78, 5) is 14.6. The van der Waals surface area contributed by atoms with Gasteiger partial charge < -0.3 is 15.5 Å². The zero-order chi connectivity index (χ0) is 21.6. The minimum Gasteiger partial charge on any atom is -0.362 e. The van der Waals surface area contributed by atoms with Gasteiger partial charge in [-0.15, -0.1) is 0 Å². The molecule has 0 bridgehead atoms. The van der Waals surface area contributed by atoms with Crippen LogP contribution in [0.15, 0.2) is 60.8 Å². The molecule has 0 saturated heterocycles. The maximum Gasteiger partial charge on any atom is 0.243 e. The topological polar surface area (TPSA) is 62.2 Å². The van der Waals surface area contributed by atoms with Crippen molar-refractivity contribution in [1.82, 2.24) is 15.1 Å². The lowest BCUT2D eigenvalue weighted by molar-refractivity contribution is -0.115. The van der Waals surface area contributed by atoms with Crippen LogP contribution < -0.4 is 15.5 Å². The first-order valence-corrected chi connectivity index (χ1v) is 11.0. The van der Waals surface area contributed by atoms with Gasteiger partial charge in [0.05, 0.1) is 6.54 Å². The average molecular weight is 418 g/mol. The highest BCUT2D eigenvalue weighted by atomic mass is 16.2. The van der Waals surface area contributed by atoms with Crippen LogP contribution in [-0.2, 0) is 31.2 Å². The van der Waals surface area contributed by atoms with Crippen molar-refractivity contribution in [2.24, 2.45) is 13.0 Å². The summed E-state index contributed by atoms with van der Waals surface area (Å²) in [6, 6.07) is 18.5. The molecule has 2 aromatic carbocycles. The van der Waals surface area contributed by atoms with E-state index in [1.165, 1.54) is 22.5 Å². The zero-order valence-corrected chi connectivity index (χ0v) is 18.3. The Morgan fingerprint density at radius 3 is 2.71 bits per heavy atom. The summed E-state index contributed by atoms with van der Waals surface area (Å²) in [6.07, 6.45) is 3.86. The van der Waals surface area contributed by atoms with Crippen molar-refractivity contribution >= 4 is 17.3 Å². The first-order chi connectivity index (χ1) is 15.1. The van der Waals surface area contributed by atoms with Gasteiger partial charge in [-0.25, -0.2) is 0 Å². The molecule has 31 heavy (non-hydrogen) atoms. The minimum atomic E-state index is 0.0200. The van der Waals surface area contributed by atoms with E-state index in [-0.39, 0.29) is 5.91 Å². The first-order valence-electron chi connectivity index (χ1n) is 11.0. The number of carbonyl (C=O) groups is 1. The molecule has 4 rings (SSSR count). The Hall–Kier alpha value is -3.12. The molecule has 1 aliphatic heterocycles. The molecular weight excluding hydrogens is 386 g/mol. The molecule has 0 radical (unpaired) electrons. The molecule has 0 aliphatic carbocycles. The molecule has 1 atom stereocenters. The van der Waals surface area contributed by atoms with Crippen molar-refractivity contribution in [3.8, 4) is 0 Å². The summed E-state index contributed by atoms with van der Waals surface area (Å²) in [5.74, 6) is 0.552. The van der Waals surface area contributed by atoms with Gasteiger partial charge in [-0.3, -0.25) is 9.48 Å². The summed E-state index contributed by atoms with van der Waals surface area (Å²) in [6.45, 7) is 5.29. The van der Waals surface area contributed by atoms with Crippen molar-refractivity contribution in [3.05, 3.63) is 77.6 Å². The largest absolute Gasteiger partial charge is 0.362 e. The lowest BCUT2D eigenvalue weighted by Crippen LogP contribution is -2.31. The van der Waals surface area contributed by atoms with E-state index in [2.05, 4.69) is 64.0 Å². The SMILES string of the molecule is CC(CNCc1ccc(NC(=O)CN2CCc3ccccc32)cc1)Cc1ccnn1C. The second-order valence-electron chi connectivity index (χ2n) is 8.43. The van der Waals surface area contributed by atoms with Gasteiger partial charge in [0, 0.05) is 43.4 Å². The van der Waals surface area contributed by atoms with Gasteiger partial charge >= 0.3 is 0 Å². The van der Waals surface area contributed by atoms with Crippen molar-refractivity contribution < 1.29 is 4.79 Å². The Kier molecular flexibility index (Phi) is 6.67. The number of fused-ring (bicyclic) bond motifs is 1.